The molecule has 1 aliphatic carbocycles. The van der Waals surface area contributed by atoms with E-state index in [2.05, 4.69) is 10.2 Å². The molecule has 9 heteroatoms. The van der Waals surface area contributed by atoms with Crippen LogP contribution in [0.1, 0.15) is 37.5 Å². The van der Waals surface area contributed by atoms with Crippen LogP contribution in [0, 0.1) is 0 Å². The second-order valence-electron chi connectivity index (χ2n) is 6.10. The number of hydrogen-bond donors (Lipinski definition) is 0. The summed E-state index contributed by atoms with van der Waals surface area (Å²) in [7, 11) is -3.66. The molecule has 1 saturated carbocycles. The summed E-state index contributed by atoms with van der Waals surface area (Å²) in [6.07, 6.45) is 5.82. The molecule has 130 valence electrons. The molecule has 1 aliphatic heterocycles. The van der Waals surface area contributed by atoms with Gasteiger partial charge in [0.1, 0.15) is 6.26 Å². The van der Waals surface area contributed by atoms with E-state index in [0.717, 1.165) is 12.8 Å². The maximum absolute atomic E-state index is 12.6. The Bertz CT molecular complexity index is 801. The molecule has 2 aromatic rings. The normalized spacial score (nSPS) is 20.7. The highest BCUT2D eigenvalue weighted by molar-refractivity contribution is 7.89. The molecule has 4 rings (SSSR count). The molecule has 0 radical (unpaired) electrons. The van der Waals surface area contributed by atoms with Crippen LogP contribution in [0.2, 0.25) is 0 Å². The van der Waals surface area contributed by atoms with Crippen LogP contribution in [0.5, 0.6) is 0 Å². The van der Waals surface area contributed by atoms with Gasteiger partial charge >= 0.3 is 0 Å². The Morgan fingerprint density at radius 2 is 1.88 bits per heavy atom. The molecule has 0 amide bonds. The van der Waals surface area contributed by atoms with Crippen molar-refractivity contribution in [2.45, 2.75) is 36.7 Å². The molecular weight excluding hydrogens is 334 g/mol. The van der Waals surface area contributed by atoms with E-state index in [-0.39, 0.29) is 5.09 Å². The van der Waals surface area contributed by atoms with Crippen molar-refractivity contribution in [2.24, 2.45) is 0 Å². The minimum Gasteiger partial charge on any atom is -0.451 e. The third-order valence-corrected chi connectivity index (χ3v) is 6.30. The summed E-state index contributed by atoms with van der Waals surface area (Å²) in [6, 6.07) is 1.44. The van der Waals surface area contributed by atoms with E-state index in [1.54, 1.807) is 0 Å². The maximum atomic E-state index is 12.6. The molecule has 2 fully saturated rings. The number of nitrogens with zero attached hydrogens (tertiary/aromatic N) is 3. The van der Waals surface area contributed by atoms with Crippen LogP contribution in [0.4, 0.5) is 0 Å². The Morgan fingerprint density at radius 1 is 1.12 bits per heavy atom. The summed E-state index contributed by atoms with van der Waals surface area (Å²) in [6.45, 7) is 1.43. The van der Waals surface area contributed by atoms with Crippen LogP contribution in [0.15, 0.2) is 26.3 Å². The van der Waals surface area contributed by atoms with Gasteiger partial charge in [-0.25, -0.2) is 8.42 Å². The molecule has 2 aromatic heterocycles. The zero-order chi connectivity index (χ0) is 16.6. The minimum atomic E-state index is -3.66. The zero-order valence-electron chi connectivity index (χ0n) is 13.2. The van der Waals surface area contributed by atoms with Crippen LogP contribution in [-0.4, -0.2) is 49.2 Å². The van der Waals surface area contributed by atoms with Crippen LogP contribution in [-0.2, 0) is 14.8 Å². The SMILES string of the molecule is O=S(=O)(c1cc(-c2nnc(C3CCCC3)o2)co1)N1CCOCC1. The van der Waals surface area contributed by atoms with E-state index >= 15 is 0 Å². The third-order valence-electron chi connectivity index (χ3n) is 4.53. The number of aromatic nitrogens is 2. The van der Waals surface area contributed by atoms with Gasteiger partial charge in [-0.05, 0) is 12.8 Å². The fourth-order valence-corrected chi connectivity index (χ4v) is 4.50. The lowest BCUT2D eigenvalue weighted by atomic mass is 10.1. The Morgan fingerprint density at radius 3 is 2.62 bits per heavy atom. The molecular formula is C15H19N3O5S. The largest absolute Gasteiger partial charge is 0.451 e. The van der Waals surface area contributed by atoms with Gasteiger partial charge < -0.3 is 13.6 Å². The van der Waals surface area contributed by atoms with E-state index < -0.39 is 10.0 Å². The molecule has 0 aromatic carbocycles. The lowest BCUT2D eigenvalue weighted by molar-refractivity contribution is 0.0724. The second kappa shape index (κ2) is 6.30. The second-order valence-corrected chi connectivity index (χ2v) is 7.97. The molecule has 2 aliphatic rings. The van der Waals surface area contributed by atoms with Crippen LogP contribution < -0.4 is 0 Å². The highest BCUT2D eigenvalue weighted by Gasteiger charge is 2.30. The van der Waals surface area contributed by atoms with Gasteiger partial charge in [-0.2, -0.15) is 4.31 Å². The van der Waals surface area contributed by atoms with Crippen LogP contribution in [0.3, 0.4) is 0 Å². The molecule has 0 unspecified atom stereocenters. The first kappa shape index (κ1) is 15.8. The smallest absolute Gasteiger partial charge is 0.276 e. The molecule has 1 saturated heterocycles. The topological polar surface area (TPSA) is 98.7 Å². The number of ether oxygens (including phenoxy) is 1. The van der Waals surface area contributed by atoms with Crippen molar-refractivity contribution in [3.8, 4) is 11.5 Å². The zero-order valence-corrected chi connectivity index (χ0v) is 14.0. The Hall–Kier alpha value is -1.71. The average Bonchev–Trinajstić information content (AvgIpc) is 3.34. The predicted molar refractivity (Wildman–Crippen MR) is 82.8 cm³/mol. The Kier molecular flexibility index (Phi) is 4.15. The Balaban J connectivity index is 1.56. The summed E-state index contributed by atoms with van der Waals surface area (Å²) in [5.41, 5.74) is 0.485. The highest BCUT2D eigenvalue weighted by atomic mass is 32.2. The summed E-state index contributed by atoms with van der Waals surface area (Å²) in [5.74, 6) is 1.24. The molecule has 0 atom stereocenters. The van der Waals surface area contributed by atoms with Gasteiger partial charge in [0, 0.05) is 25.1 Å². The van der Waals surface area contributed by atoms with E-state index in [1.807, 2.05) is 0 Å². The van der Waals surface area contributed by atoms with Crippen LogP contribution in [0.25, 0.3) is 11.5 Å². The summed E-state index contributed by atoms with van der Waals surface area (Å²) >= 11 is 0. The fraction of sp³-hybridized carbons (Fsp3) is 0.600. The van der Waals surface area contributed by atoms with Gasteiger partial charge in [-0.3, -0.25) is 0 Å². The van der Waals surface area contributed by atoms with Crippen LogP contribution >= 0.6 is 0 Å². The first-order chi connectivity index (χ1) is 11.6. The van der Waals surface area contributed by atoms with E-state index in [0.29, 0.717) is 49.6 Å². The highest BCUT2D eigenvalue weighted by Crippen LogP contribution is 2.35. The Labute approximate surface area is 139 Å². The summed E-state index contributed by atoms with van der Waals surface area (Å²) in [5, 5.41) is 8.02. The average molecular weight is 353 g/mol. The molecule has 0 bridgehead atoms. The molecule has 0 spiro atoms. The van der Waals surface area contributed by atoms with Gasteiger partial charge in [-0.15, -0.1) is 10.2 Å². The van der Waals surface area contributed by atoms with Crippen molar-refractivity contribution in [1.29, 1.82) is 0 Å². The molecule has 24 heavy (non-hydrogen) atoms. The van der Waals surface area contributed by atoms with Crippen molar-refractivity contribution >= 4 is 10.0 Å². The first-order valence-electron chi connectivity index (χ1n) is 8.15. The van der Waals surface area contributed by atoms with Crippen molar-refractivity contribution in [1.82, 2.24) is 14.5 Å². The van der Waals surface area contributed by atoms with Crippen molar-refractivity contribution in [3.05, 3.63) is 18.2 Å². The van der Waals surface area contributed by atoms with Gasteiger partial charge in [-0.1, -0.05) is 12.8 Å². The van der Waals surface area contributed by atoms with Gasteiger partial charge in [0.2, 0.25) is 11.0 Å². The summed E-state index contributed by atoms with van der Waals surface area (Å²) < 4.78 is 42.6. The quantitative estimate of drug-likeness (QED) is 0.829. The molecule has 8 nitrogen and oxygen atoms in total. The first-order valence-corrected chi connectivity index (χ1v) is 9.59. The van der Waals surface area contributed by atoms with Crippen molar-refractivity contribution in [3.63, 3.8) is 0 Å². The summed E-state index contributed by atoms with van der Waals surface area (Å²) in [4.78, 5) is 0. The van der Waals surface area contributed by atoms with Crippen molar-refractivity contribution < 1.29 is 22.0 Å². The standard InChI is InChI=1S/C15H19N3O5S/c19-24(20,18-5-7-21-8-6-18)13-9-12(10-22-13)15-17-16-14(23-15)11-3-1-2-4-11/h9-11H,1-8H2. The number of furan rings is 1. The molecule has 0 N–H and O–H groups in total. The van der Waals surface area contributed by atoms with Gasteiger partial charge in [0.25, 0.3) is 15.9 Å². The van der Waals surface area contributed by atoms with E-state index in [1.165, 1.54) is 29.5 Å². The lowest BCUT2D eigenvalue weighted by Crippen LogP contribution is -2.40. The monoisotopic (exact) mass is 353 g/mol. The lowest BCUT2D eigenvalue weighted by Gasteiger charge is -2.24. The number of rotatable bonds is 4. The minimum absolute atomic E-state index is 0.111. The predicted octanol–water partition coefficient (Wildman–Crippen LogP) is 2.01. The van der Waals surface area contributed by atoms with E-state index in [4.69, 9.17) is 13.6 Å². The third kappa shape index (κ3) is 2.87. The molecule has 3 heterocycles. The fourth-order valence-electron chi connectivity index (χ4n) is 3.17. The van der Waals surface area contributed by atoms with E-state index in [9.17, 15) is 8.42 Å². The number of morpholine rings is 1. The maximum Gasteiger partial charge on any atom is 0.276 e. The van der Waals surface area contributed by atoms with Crippen molar-refractivity contribution in [2.75, 3.05) is 26.3 Å². The number of hydrogen-bond acceptors (Lipinski definition) is 7. The van der Waals surface area contributed by atoms with Gasteiger partial charge in [0.15, 0.2) is 0 Å². The van der Waals surface area contributed by atoms with Gasteiger partial charge in [0.05, 0.1) is 18.8 Å². The number of sulfonamides is 1.